The normalized spacial score (nSPS) is 10.9. The molecule has 0 saturated heterocycles. The molecule has 0 atom stereocenters. The Balaban J connectivity index is 1.92. The van der Waals surface area contributed by atoms with Crippen LogP contribution in [0.5, 0.6) is 5.75 Å². The van der Waals surface area contributed by atoms with Crippen molar-refractivity contribution in [2.45, 2.75) is 19.4 Å². The summed E-state index contributed by atoms with van der Waals surface area (Å²) in [7, 11) is 0. The van der Waals surface area contributed by atoms with Crippen molar-refractivity contribution in [2.24, 2.45) is 0 Å². The van der Waals surface area contributed by atoms with E-state index < -0.39 is 0 Å². The third-order valence-electron chi connectivity index (χ3n) is 3.28. The summed E-state index contributed by atoms with van der Waals surface area (Å²) in [4.78, 5) is 4.55. The van der Waals surface area contributed by atoms with Crippen molar-refractivity contribution in [3.8, 4) is 5.75 Å². The Morgan fingerprint density at radius 2 is 1.95 bits per heavy atom. The second-order valence-electron chi connectivity index (χ2n) is 4.62. The highest BCUT2D eigenvalue weighted by atomic mass is 35.5. The zero-order valence-electron chi connectivity index (χ0n) is 11.2. The molecule has 1 aromatic carbocycles. The van der Waals surface area contributed by atoms with Crippen LogP contribution in [0.15, 0.2) is 48.7 Å². The van der Waals surface area contributed by atoms with Gasteiger partial charge in [0.1, 0.15) is 6.61 Å². The molecule has 20 heavy (non-hydrogen) atoms. The van der Waals surface area contributed by atoms with Crippen LogP contribution < -0.4 is 4.74 Å². The number of aromatic nitrogens is 2. The fourth-order valence-electron chi connectivity index (χ4n) is 2.21. The maximum absolute atomic E-state index is 5.98. The first-order chi connectivity index (χ1) is 9.79. The van der Waals surface area contributed by atoms with Gasteiger partial charge in [0.2, 0.25) is 0 Å². The van der Waals surface area contributed by atoms with E-state index in [0.717, 1.165) is 28.3 Å². The fraction of sp³-hybridized carbons (Fsp3) is 0.188. The molecule has 0 fully saturated rings. The molecule has 0 saturated carbocycles. The Morgan fingerprint density at radius 1 is 1.15 bits per heavy atom. The van der Waals surface area contributed by atoms with E-state index in [1.807, 2.05) is 60.0 Å². The lowest BCUT2D eigenvalue weighted by molar-refractivity contribution is 0.308. The summed E-state index contributed by atoms with van der Waals surface area (Å²) in [5.41, 5.74) is 3.90. The Bertz CT molecular complexity index is 722. The van der Waals surface area contributed by atoms with Gasteiger partial charge >= 0.3 is 0 Å². The largest absolute Gasteiger partial charge is 0.485 e. The predicted octanol–water partition coefficient (Wildman–Crippen LogP) is 3.96. The number of alkyl halides is 1. The van der Waals surface area contributed by atoms with Gasteiger partial charge in [-0.1, -0.05) is 30.3 Å². The molecule has 0 bridgehead atoms. The van der Waals surface area contributed by atoms with Crippen LogP contribution in [-0.2, 0) is 12.5 Å². The van der Waals surface area contributed by atoms with Gasteiger partial charge in [0.15, 0.2) is 11.4 Å². The van der Waals surface area contributed by atoms with Gasteiger partial charge in [-0.15, -0.1) is 11.6 Å². The SMILES string of the molecule is Cc1nc2c(OCc3ccccc3)cccn2c1CCl. The average Bonchev–Trinajstić information content (AvgIpc) is 2.82. The van der Waals surface area contributed by atoms with E-state index in [1.54, 1.807) is 0 Å². The van der Waals surface area contributed by atoms with E-state index in [9.17, 15) is 0 Å². The van der Waals surface area contributed by atoms with Gasteiger partial charge in [-0.2, -0.15) is 0 Å². The van der Waals surface area contributed by atoms with Crippen LogP contribution in [0, 0.1) is 6.92 Å². The molecule has 102 valence electrons. The van der Waals surface area contributed by atoms with Crippen LogP contribution in [0.25, 0.3) is 5.65 Å². The smallest absolute Gasteiger partial charge is 0.180 e. The minimum absolute atomic E-state index is 0.440. The lowest BCUT2D eigenvalue weighted by Crippen LogP contribution is -1.98. The van der Waals surface area contributed by atoms with E-state index in [1.165, 1.54) is 0 Å². The number of pyridine rings is 1. The van der Waals surface area contributed by atoms with Crippen LogP contribution in [0.3, 0.4) is 0 Å². The summed E-state index contributed by atoms with van der Waals surface area (Å²) in [6.07, 6.45) is 1.96. The van der Waals surface area contributed by atoms with Gasteiger partial charge < -0.3 is 4.74 Å². The topological polar surface area (TPSA) is 26.5 Å². The zero-order valence-corrected chi connectivity index (χ0v) is 12.0. The average molecular weight is 287 g/mol. The maximum Gasteiger partial charge on any atom is 0.180 e. The monoisotopic (exact) mass is 286 g/mol. The molecule has 3 rings (SSSR count). The highest BCUT2D eigenvalue weighted by molar-refractivity contribution is 6.17. The van der Waals surface area contributed by atoms with Crippen molar-refractivity contribution >= 4 is 17.2 Å². The van der Waals surface area contributed by atoms with Crippen molar-refractivity contribution in [3.63, 3.8) is 0 Å². The first kappa shape index (κ1) is 13.0. The Morgan fingerprint density at radius 3 is 2.70 bits per heavy atom. The number of benzene rings is 1. The van der Waals surface area contributed by atoms with Crippen molar-refractivity contribution in [1.29, 1.82) is 0 Å². The standard InChI is InChI=1S/C16H15ClN2O/c1-12-14(10-17)19-9-5-8-15(16(19)18-12)20-11-13-6-3-2-4-7-13/h2-9H,10-11H2,1H3. The molecule has 0 aliphatic carbocycles. The number of imidazole rings is 1. The number of halogens is 1. The zero-order chi connectivity index (χ0) is 13.9. The van der Waals surface area contributed by atoms with E-state index in [0.29, 0.717) is 12.5 Å². The third kappa shape index (κ3) is 2.37. The van der Waals surface area contributed by atoms with Gasteiger partial charge in [0.05, 0.1) is 17.3 Å². The van der Waals surface area contributed by atoms with Crippen LogP contribution >= 0.6 is 11.6 Å². The van der Waals surface area contributed by atoms with Crippen molar-refractivity contribution in [3.05, 3.63) is 65.6 Å². The van der Waals surface area contributed by atoms with Crippen molar-refractivity contribution in [2.75, 3.05) is 0 Å². The summed E-state index contributed by atoms with van der Waals surface area (Å²) in [5.74, 6) is 1.21. The van der Waals surface area contributed by atoms with Gasteiger partial charge in [-0.3, -0.25) is 4.40 Å². The number of hydrogen-bond donors (Lipinski definition) is 0. The minimum Gasteiger partial charge on any atom is -0.485 e. The summed E-state index contributed by atoms with van der Waals surface area (Å²) in [6.45, 7) is 2.49. The molecule has 2 heterocycles. The molecule has 2 aromatic heterocycles. The second-order valence-corrected chi connectivity index (χ2v) is 4.89. The molecule has 3 aromatic rings. The maximum atomic E-state index is 5.98. The minimum atomic E-state index is 0.440. The number of ether oxygens (including phenoxy) is 1. The molecule has 0 N–H and O–H groups in total. The molecule has 0 amide bonds. The molecule has 0 unspecified atom stereocenters. The fourth-order valence-corrected chi connectivity index (χ4v) is 2.54. The molecule has 0 aliphatic heterocycles. The predicted molar refractivity (Wildman–Crippen MR) is 80.3 cm³/mol. The number of nitrogens with zero attached hydrogens (tertiary/aromatic N) is 2. The van der Waals surface area contributed by atoms with Gasteiger partial charge in [0, 0.05) is 6.20 Å². The molecular formula is C16H15ClN2O. The van der Waals surface area contributed by atoms with E-state index in [4.69, 9.17) is 16.3 Å². The van der Waals surface area contributed by atoms with Gasteiger partial charge in [-0.25, -0.2) is 4.98 Å². The number of aryl methyl sites for hydroxylation is 1. The molecule has 3 nitrogen and oxygen atoms in total. The Kier molecular flexibility index (Phi) is 3.61. The lowest BCUT2D eigenvalue weighted by atomic mass is 10.2. The Hall–Kier alpha value is -2.00. The first-order valence-corrected chi connectivity index (χ1v) is 7.02. The summed E-state index contributed by atoms with van der Waals surface area (Å²) >= 11 is 5.98. The molecule has 0 radical (unpaired) electrons. The number of hydrogen-bond acceptors (Lipinski definition) is 2. The van der Waals surface area contributed by atoms with Crippen LogP contribution in [0.1, 0.15) is 17.0 Å². The molecule has 4 heteroatoms. The lowest BCUT2D eigenvalue weighted by Gasteiger charge is -2.07. The summed E-state index contributed by atoms with van der Waals surface area (Å²) in [5, 5.41) is 0. The second kappa shape index (κ2) is 5.55. The quantitative estimate of drug-likeness (QED) is 0.679. The van der Waals surface area contributed by atoms with Crippen molar-refractivity contribution < 1.29 is 4.74 Å². The van der Waals surface area contributed by atoms with E-state index in [2.05, 4.69) is 4.98 Å². The van der Waals surface area contributed by atoms with Crippen LogP contribution in [-0.4, -0.2) is 9.38 Å². The summed E-state index contributed by atoms with van der Waals surface area (Å²) in [6, 6.07) is 14.0. The van der Waals surface area contributed by atoms with Crippen LogP contribution in [0.2, 0.25) is 0 Å². The van der Waals surface area contributed by atoms with E-state index in [-0.39, 0.29) is 0 Å². The highest BCUT2D eigenvalue weighted by Crippen LogP contribution is 2.23. The summed E-state index contributed by atoms with van der Waals surface area (Å²) < 4.78 is 7.88. The third-order valence-corrected chi connectivity index (χ3v) is 3.53. The van der Waals surface area contributed by atoms with Crippen molar-refractivity contribution in [1.82, 2.24) is 9.38 Å². The molecular weight excluding hydrogens is 272 g/mol. The molecule has 0 aliphatic rings. The van der Waals surface area contributed by atoms with Gasteiger partial charge in [0.25, 0.3) is 0 Å². The number of fused-ring (bicyclic) bond motifs is 1. The van der Waals surface area contributed by atoms with Crippen LogP contribution in [0.4, 0.5) is 0 Å². The van der Waals surface area contributed by atoms with Gasteiger partial charge in [-0.05, 0) is 24.6 Å². The Labute approximate surface area is 122 Å². The first-order valence-electron chi connectivity index (χ1n) is 6.49. The van der Waals surface area contributed by atoms with E-state index >= 15 is 0 Å². The number of rotatable bonds is 4. The highest BCUT2D eigenvalue weighted by Gasteiger charge is 2.11. The molecule has 0 spiro atoms.